The normalized spacial score (nSPS) is 11.4. The maximum Gasteiger partial charge on any atom is 0.353 e. The number of aromatic nitrogens is 2. The molecule has 21 heavy (non-hydrogen) atoms. The zero-order chi connectivity index (χ0) is 15.8. The molecule has 0 spiro atoms. The molecule has 1 heterocycles. The van der Waals surface area contributed by atoms with Gasteiger partial charge in [-0.1, -0.05) is 6.07 Å². The summed E-state index contributed by atoms with van der Waals surface area (Å²) in [7, 11) is -1.88. The predicted molar refractivity (Wildman–Crippen MR) is 74.2 cm³/mol. The van der Waals surface area contributed by atoms with Crippen molar-refractivity contribution in [2.24, 2.45) is 7.05 Å². The Morgan fingerprint density at radius 1 is 1.38 bits per heavy atom. The van der Waals surface area contributed by atoms with Crippen molar-refractivity contribution >= 4 is 15.5 Å². The van der Waals surface area contributed by atoms with Gasteiger partial charge in [-0.25, -0.2) is 13.1 Å². The molecule has 9 heteroatoms. The second-order valence-corrected chi connectivity index (χ2v) is 6.48. The Balaban J connectivity index is 2.47. The van der Waals surface area contributed by atoms with Crippen LogP contribution in [-0.2, 0) is 16.9 Å². The smallest absolute Gasteiger partial charge is 0.353 e. The lowest BCUT2D eigenvalue weighted by molar-refractivity contribution is -0.386. The van der Waals surface area contributed by atoms with Gasteiger partial charge in [0.15, 0.2) is 9.84 Å². The van der Waals surface area contributed by atoms with E-state index in [1.807, 2.05) is 0 Å². The van der Waals surface area contributed by atoms with Crippen LogP contribution in [-0.4, -0.2) is 29.4 Å². The van der Waals surface area contributed by atoms with Crippen molar-refractivity contribution in [2.45, 2.75) is 11.8 Å². The largest absolute Gasteiger partial charge is 0.434 e. The first kappa shape index (κ1) is 15.0. The number of nitro groups is 1. The second kappa shape index (κ2) is 5.17. The zero-order valence-corrected chi connectivity index (χ0v) is 12.4. The quantitative estimate of drug-likeness (QED) is 0.630. The summed E-state index contributed by atoms with van der Waals surface area (Å²) < 4.78 is 29.7. The Morgan fingerprint density at radius 3 is 2.62 bits per heavy atom. The summed E-state index contributed by atoms with van der Waals surface area (Å²) in [6.07, 6.45) is 1.07. The summed E-state index contributed by atoms with van der Waals surface area (Å²) >= 11 is 0. The molecule has 0 N–H and O–H groups in total. The zero-order valence-electron chi connectivity index (χ0n) is 11.6. The summed E-state index contributed by atoms with van der Waals surface area (Å²) in [6, 6.07) is 5.74. The minimum absolute atomic E-state index is 0.0526. The van der Waals surface area contributed by atoms with Crippen molar-refractivity contribution in [2.75, 3.05) is 6.26 Å². The van der Waals surface area contributed by atoms with E-state index in [-0.39, 0.29) is 27.9 Å². The highest BCUT2D eigenvalue weighted by Gasteiger charge is 2.26. The van der Waals surface area contributed by atoms with Crippen LogP contribution in [0.5, 0.6) is 11.6 Å². The van der Waals surface area contributed by atoms with Gasteiger partial charge in [0.25, 0.3) is 5.88 Å². The van der Waals surface area contributed by atoms with E-state index in [0.29, 0.717) is 0 Å². The molecule has 0 atom stereocenters. The molecular formula is C12H13N3O5S. The molecule has 0 radical (unpaired) electrons. The van der Waals surface area contributed by atoms with Gasteiger partial charge in [0, 0.05) is 13.3 Å². The molecule has 0 aliphatic rings. The van der Waals surface area contributed by atoms with Crippen LogP contribution in [0, 0.1) is 17.0 Å². The van der Waals surface area contributed by atoms with Gasteiger partial charge < -0.3 is 4.74 Å². The van der Waals surface area contributed by atoms with Crippen LogP contribution in [0.3, 0.4) is 0 Å². The maximum absolute atomic E-state index is 11.5. The van der Waals surface area contributed by atoms with Gasteiger partial charge in [0.2, 0.25) is 0 Å². The van der Waals surface area contributed by atoms with Crippen LogP contribution >= 0.6 is 0 Å². The summed E-state index contributed by atoms with van der Waals surface area (Å²) in [5.74, 6) is 0.132. The molecule has 0 fully saturated rings. The van der Waals surface area contributed by atoms with Gasteiger partial charge >= 0.3 is 5.69 Å². The van der Waals surface area contributed by atoms with Crippen molar-refractivity contribution in [1.82, 2.24) is 9.78 Å². The predicted octanol–water partition coefficient (Wildman–Crippen LogP) is 1.83. The topological polar surface area (TPSA) is 104 Å². The van der Waals surface area contributed by atoms with E-state index in [1.165, 1.54) is 42.9 Å². The van der Waals surface area contributed by atoms with E-state index in [9.17, 15) is 18.5 Å². The minimum Gasteiger partial charge on any atom is -0.434 e. The molecule has 112 valence electrons. The SMILES string of the molecule is Cc1nn(C)c(Oc2cccc(S(C)(=O)=O)c2)c1[N+](=O)[O-]. The van der Waals surface area contributed by atoms with Crippen LogP contribution in [0.4, 0.5) is 5.69 Å². The van der Waals surface area contributed by atoms with Crippen LogP contribution in [0.2, 0.25) is 0 Å². The highest BCUT2D eigenvalue weighted by atomic mass is 32.2. The van der Waals surface area contributed by atoms with E-state index in [2.05, 4.69) is 5.10 Å². The Kier molecular flexibility index (Phi) is 3.69. The molecule has 0 aliphatic heterocycles. The molecule has 0 saturated heterocycles. The average Bonchev–Trinajstić information content (AvgIpc) is 2.63. The number of ether oxygens (including phenoxy) is 1. The fourth-order valence-corrected chi connectivity index (χ4v) is 2.49. The number of rotatable bonds is 4. The lowest BCUT2D eigenvalue weighted by Gasteiger charge is -2.06. The summed E-state index contributed by atoms with van der Waals surface area (Å²) in [4.78, 5) is 10.5. The van der Waals surface area contributed by atoms with Gasteiger partial charge in [-0.3, -0.25) is 10.1 Å². The number of aryl methyl sites for hydroxylation is 2. The molecule has 0 unspecified atom stereocenters. The van der Waals surface area contributed by atoms with E-state index >= 15 is 0 Å². The van der Waals surface area contributed by atoms with Crippen LogP contribution < -0.4 is 4.74 Å². The van der Waals surface area contributed by atoms with E-state index in [1.54, 1.807) is 0 Å². The van der Waals surface area contributed by atoms with E-state index in [4.69, 9.17) is 4.74 Å². The highest BCUT2D eigenvalue weighted by Crippen LogP contribution is 2.33. The maximum atomic E-state index is 11.5. The number of nitrogens with zero attached hydrogens (tertiary/aromatic N) is 3. The molecule has 0 bridgehead atoms. The highest BCUT2D eigenvalue weighted by molar-refractivity contribution is 7.90. The van der Waals surface area contributed by atoms with Gasteiger partial charge in [-0.2, -0.15) is 5.10 Å². The number of sulfone groups is 1. The van der Waals surface area contributed by atoms with Crippen molar-refractivity contribution < 1.29 is 18.1 Å². The lowest BCUT2D eigenvalue weighted by atomic mass is 10.3. The number of benzene rings is 1. The van der Waals surface area contributed by atoms with E-state index in [0.717, 1.165) is 6.26 Å². The Morgan fingerprint density at radius 2 is 2.05 bits per heavy atom. The van der Waals surface area contributed by atoms with E-state index < -0.39 is 14.8 Å². The molecule has 1 aromatic carbocycles. The molecule has 2 rings (SSSR count). The number of hydrogen-bond acceptors (Lipinski definition) is 6. The third kappa shape index (κ3) is 3.02. The molecule has 1 aromatic heterocycles. The lowest BCUT2D eigenvalue weighted by Crippen LogP contribution is -2.00. The van der Waals surface area contributed by atoms with Gasteiger partial charge in [-0.05, 0) is 25.1 Å². The van der Waals surface area contributed by atoms with Gasteiger partial charge in [0.05, 0.1) is 9.82 Å². The van der Waals surface area contributed by atoms with Crippen LogP contribution in [0.1, 0.15) is 5.69 Å². The molecule has 0 amide bonds. The van der Waals surface area contributed by atoms with Gasteiger partial charge in [-0.15, -0.1) is 0 Å². The molecule has 0 saturated carbocycles. The average molecular weight is 311 g/mol. The van der Waals surface area contributed by atoms with Crippen molar-refractivity contribution in [1.29, 1.82) is 0 Å². The monoisotopic (exact) mass is 311 g/mol. The third-order valence-electron chi connectivity index (χ3n) is 2.77. The minimum atomic E-state index is -3.39. The Bertz CT molecular complexity index is 810. The summed E-state index contributed by atoms with van der Waals surface area (Å²) in [5.41, 5.74) is -0.0287. The first-order valence-corrected chi connectivity index (χ1v) is 7.75. The first-order valence-electron chi connectivity index (χ1n) is 5.86. The van der Waals surface area contributed by atoms with Crippen molar-refractivity contribution in [3.05, 3.63) is 40.1 Å². The standard InChI is InChI=1S/C12H13N3O5S/c1-8-11(15(16)17)12(14(2)13-8)20-9-5-4-6-10(7-9)21(3,18)19/h4-7H,1-3H3. The summed E-state index contributed by atoms with van der Waals surface area (Å²) in [5, 5.41) is 15.0. The summed E-state index contributed by atoms with van der Waals surface area (Å²) in [6.45, 7) is 1.50. The van der Waals surface area contributed by atoms with Crippen molar-refractivity contribution in [3.8, 4) is 11.6 Å². The van der Waals surface area contributed by atoms with Crippen LogP contribution in [0.25, 0.3) is 0 Å². The second-order valence-electron chi connectivity index (χ2n) is 4.47. The molecule has 2 aromatic rings. The first-order chi connectivity index (χ1) is 9.70. The number of hydrogen-bond donors (Lipinski definition) is 0. The molecule has 0 aliphatic carbocycles. The molecule has 8 nitrogen and oxygen atoms in total. The Labute approximate surface area is 121 Å². The molecular weight excluding hydrogens is 298 g/mol. The van der Waals surface area contributed by atoms with Crippen molar-refractivity contribution in [3.63, 3.8) is 0 Å². The van der Waals surface area contributed by atoms with Gasteiger partial charge in [0.1, 0.15) is 11.4 Å². The fraction of sp³-hybridized carbons (Fsp3) is 0.250. The van der Waals surface area contributed by atoms with Crippen LogP contribution in [0.15, 0.2) is 29.2 Å². The Hall–Kier alpha value is -2.42. The fourth-order valence-electron chi connectivity index (χ4n) is 1.83. The third-order valence-corrected chi connectivity index (χ3v) is 3.88.